The zero-order chi connectivity index (χ0) is 14.9. The summed E-state index contributed by atoms with van der Waals surface area (Å²) in [5.41, 5.74) is -0.327. The minimum atomic E-state index is -1.17. The van der Waals surface area contributed by atoms with E-state index >= 15 is 0 Å². The molecular formula is C12H22N2O5. The van der Waals surface area contributed by atoms with Gasteiger partial charge in [-0.25, -0.2) is 9.59 Å². The second-order valence-corrected chi connectivity index (χ2v) is 4.23. The minimum absolute atomic E-state index is 0.327. The van der Waals surface area contributed by atoms with E-state index in [0.29, 0.717) is 0 Å². The lowest BCUT2D eigenvalue weighted by Crippen LogP contribution is -2.52. The van der Waals surface area contributed by atoms with Gasteiger partial charge in [-0.1, -0.05) is 20.8 Å². The van der Waals surface area contributed by atoms with Crippen molar-refractivity contribution in [3.05, 3.63) is 0 Å². The van der Waals surface area contributed by atoms with Gasteiger partial charge < -0.3 is 15.2 Å². The summed E-state index contributed by atoms with van der Waals surface area (Å²) in [5, 5.41) is 13.2. The van der Waals surface area contributed by atoms with E-state index < -0.39 is 31.1 Å². The van der Waals surface area contributed by atoms with E-state index in [-0.39, 0.29) is 5.54 Å². The summed E-state index contributed by atoms with van der Waals surface area (Å²) in [4.78, 5) is 33.1. The van der Waals surface area contributed by atoms with Gasteiger partial charge in [0.05, 0.1) is 0 Å². The molecule has 0 heterocycles. The molecule has 3 N–H and O–H groups in total. The molecule has 3 amide bonds. The van der Waals surface area contributed by atoms with E-state index in [1.165, 1.54) is 0 Å². The molecule has 0 atom stereocenters. The average Bonchev–Trinajstić information content (AvgIpc) is 2.35. The van der Waals surface area contributed by atoms with Crippen molar-refractivity contribution in [2.75, 3.05) is 13.2 Å². The fraction of sp³-hybridized carbons (Fsp3) is 0.750. The maximum atomic E-state index is 11.6. The number of carbonyl (C=O) groups is 3. The SMILES string of the molecule is CCC(CC)(CC)NC(=O)NC(=O)COCC(=O)O. The van der Waals surface area contributed by atoms with Crippen LogP contribution in [0.2, 0.25) is 0 Å². The summed E-state index contributed by atoms with van der Waals surface area (Å²) >= 11 is 0. The molecule has 0 aliphatic carbocycles. The number of ether oxygens (including phenoxy) is 1. The monoisotopic (exact) mass is 274 g/mol. The molecule has 0 saturated carbocycles. The Kier molecular flexibility index (Phi) is 7.74. The summed E-state index contributed by atoms with van der Waals surface area (Å²) in [6.45, 7) is 4.86. The standard InChI is InChI=1S/C12H22N2O5/c1-4-12(5-2,6-3)14-11(18)13-9(15)7-19-8-10(16)17/h4-8H2,1-3H3,(H,16,17)(H2,13,14,15,18). The number of urea groups is 1. The average molecular weight is 274 g/mol. The molecule has 0 rings (SSSR count). The van der Waals surface area contributed by atoms with Gasteiger partial charge >= 0.3 is 12.0 Å². The molecular weight excluding hydrogens is 252 g/mol. The highest BCUT2D eigenvalue weighted by molar-refractivity contribution is 5.95. The molecule has 7 nitrogen and oxygen atoms in total. The Morgan fingerprint density at radius 3 is 2.00 bits per heavy atom. The number of carboxylic acid groups (broad SMARTS) is 1. The van der Waals surface area contributed by atoms with E-state index in [4.69, 9.17) is 5.11 Å². The van der Waals surface area contributed by atoms with Crippen molar-refractivity contribution in [3.8, 4) is 0 Å². The predicted molar refractivity (Wildman–Crippen MR) is 68.7 cm³/mol. The number of amides is 3. The van der Waals surface area contributed by atoms with Crippen LogP contribution in [0.4, 0.5) is 4.79 Å². The summed E-state index contributed by atoms with van der Waals surface area (Å²) < 4.78 is 4.58. The minimum Gasteiger partial charge on any atom is -0.480 e. The Hall–Kier alpha value is -1.63. The van der Waals surface area contributed by atoms with Gasteiger partial charge in [0.15, 0.2) is 0 Å². The summed E-state index contributed by atoms with van der Waals surface area (Å²) in [5.74, 6) is -1.84. The second-order valence-electron chi connectivity index (χ2n) is 4.23. The van der Waals surface area contributed by atoms with Crippen molar-refractivity contribution in [1.82, 2.24) is 10.6 Å². The van der Waals surface area contributed by atoms with Crippen LogP contribution in [0.15, 0.2) is 0 Å². The molecule has 0 aromatic carbocycles. The van der Waals surface area contributed by atoms with Crippen LogP contribution in [0.5, 0.6) is 0 Å². The number of imide groups is 1. The highest BCUT2D eigenvalue weighted by Crippen LogP contribution is 2.18. The Morgan fingerprint density at radius 1 is 1.05 bits per heavy atom. The van der Waals surface area contributed by atoms with Crippen LogP contribution < -0.4 is 10.6 Å². The summed E-state index contributed by atoms with van der Waals surface area (Å²) in [7, 11) is 0. The van der Waals surface area contributed by atoms with Gasteiger partial charge in [-0.15, -0.1) is 0 Å². The van der Waals surface area contributed by atoms with Crippen LogP contribution in [0.25, 0.3) is 0 Å². The first-order chi connectivity index (χ1) is 8.89. The van der Waals surface area contributed by atoms with Crippen LogP contribution in [-0.4, -0.2) is 41.8 Å². The molecule has 0 spiro atoms. The number of aliphatic carboxylic acids is 1. The van der Waals surface area contributed by atoms with Gasteiger partial charge in [-0.2, -0.15) is 0 Å². The van der Waals surface area contributed by atoms with Crippen LogP contribution in [0.3, 0.4) is 0 Å². The van der Waals surface area contributed by atoms with Gasteiger partial charge in [-0.05, 0) is 19.3 Å². The van der Waals surface area contributed by atoms with Crippen molar-refractivity contribution in [2.24, 2.45) is 0 Å². The third-order valence-electron chi connectivity index (χ3n) is 3.12. The zero-order valence-corrected chi connectivity index (χ0v) is 11.6. The molecule has 0 aliphatic rings. The first-order valence-corrected chi connectivity index (χ1v) is 6.30. The normalized spacial score (nSPS) is 10.9. The van der Waals surface area contributed by atoms with Crippen molar-refractivity contribution < 1.29 is 24.2 Å². The first-order valence-electron chi connectivity index (χ1n) is 6.30. The van der Waals surface area contributed by atoms with E-state index in [9.17, 15) is 14.4 Å². The maximum absolute atomic E-state index is 11.6. The molecule has 7 heteroatoms. The maximum Gasteiger partial charge on any atom is 0.329 e. The zero-order valence-electron chi connectivity index (χ0n) is 11.6. The fourth-order valence-corrected chi connectivity index (χ4v) is 1.68. The molecule has 0 radical (unpaired) electrons. The Labute approximate surface area is 112 Å². The lowest BCUT2D eigenvalue weighted by atomic mass is 9.90. The third kappa shape index (κ3) is 6.76. The van der Waals surface area contributed by atoms with Gasteiger partial charge in [0, 0.05) is 5.54 Å². The van der Waals surface area contributed by atoms with E-state index in [1.807, 2.05) is 20.8 Å². The van der Waals surface area contributed by atoms with E-state index in [1.54, 1.807) is 0 Å². The van der Waals surface area contributed by atoms with Crippen molar-refractivity contribution >= 4 is 17.9 Å². The molecule has 0 aromatic heterocycles. The lowest BCUT2D eigenvalue weighted by Gasteiger charge is -2.31. The molecule has 0 aromatic rings. The summed E-state index contributed by atoms with van der Waals surface area (Å²) in [6.07, 6.45) is 2.28. The Balaban J connectivity index is 4.15. The van der Waals surface area contributed by atoms with Crippen LogP contribution in [-0.2, 0) is 14.3 Å². The molecule has 19 heavy (non-hydrogen) atoms. The fourth-order valence-electron chi connectivity index (χ4n) is 1.68. The highest BCUT2D eigenvalue weighted by atomic mass is 16.5. The quantitative estimate of drug-likeness (QED) is 0.609. The van der Waals surface area contributed by atoms with Crippen LogP contribution >= 0.6 is 0 Å². The van der Waals surface area contributed by atoms with Gasteiger partial charge in [0.1, 0.15) is 13.2 Å². The number of hydrogen-bond donors (Lipinski definition) is 3. The molecule has 0 unspecified atom stereocenters. The number of nitrogens with one attached hydrogen (secondary N) is 2. The molecule has 0 saturated heterocycles. The number of hydrogen-bond acceptors (Lipinski definition) is 4. The van der Waals surface area contributed by atoms with Crippen LogP contribution in [0, 0.1) is 0 Å². The van der Waals surface area contributed by atoms with Crippen molar-refractivity contribution in [2.45, 2.75) is 45.6 Å². The highest BCUT2D eigenvalue weighted by Gasteiger charge is 2.26. The molecule has 0 fully saturated rings. The molecule has 110 valence electrons. The molecule has 0 aliphatic heterocycles. The third-order valence-corrected chi connectivity index (χ3v) is 3.12. The topological polar surface area (TPSA) is 105 Å². The lowest BCUT2D eigenvalue weighted by molar-refractivity contribution is -0.143. The number of carbonyl (C=O) groups excluding carboxylic acids is 2. The van der Waals surface area contributed by atoms with Crippen molar-refractivity contribution in [1.29, 1.82) is 0 Å². The predicted octanol–water partition coefficient (Wildman–Crippen LogP) is 0.882. The van der Waals surface area contributed by atoms with E-state index in [0.717, 1.165) is 19.3 Å². The smallest absolute Gasteiger partial charge is 0.329 e. The summed E-state index contributed by atoms with van der Waals surface area (Å²) in [6, 6.07) is -0.588. The molecule has 0 bridgehead atoms. The number of carboxylic acids is 1. The largest absolute Gasteiger partial charge is 0.480 e. The Bertz CT molecular complexity index is 318. The van der Waals surface area contributed by atoms with E-state index in [2.05, 4.69) is 15.4 Å². The Morgan fingerprint density at radius 2 is 1.58 bits per heavy atom. The van der Waals surface area contributed by atoms with Gasteiger partial charge in [0.25, 0.3) is 5.91 Å². The van der Waals surface area contributed by atoms with Gasteiger partial charge in [0.2, 0.25) is 0 Å². The van der Waals surface area contributed by atoms with Crippen LogP contribution in [0.1, 0.15) is 40.0 Å². The van der Waals surface area contributed by atoms with Gasteiger partial charge in [-0.3, -0.25) is 10.1 Å². The first kappa shape index (κ1) is 17.4. The van der Waals surface area contributed by atoms with Crippen molar-refractivity contribution in [3.63, 3.8) is 0 Å². The second kappa shape index (κ2) is 8.47. The number of rotatable bonds is 8.